The Morgan fingerprint density at radius 1 is 1.17 bits per heavy atom. The molecule has 1 atom stereocenters. The SMILES string of the molecule is CC1ON=C(c2ccccc2Cl)N(OCc2ccccc2)C1=O. The topological polar surface area (TPSA) is 51.1 Å². The van der Waals surface area contributed by atoms with Crippen molar-refractivity contribution in [1.29, 1.82) is 0 Å². The first-order valence-corrected chi connectivity index (χ1v) is 7.54. The summed E-state index contributed by atoms with van der Waals surface area (Å²) in [7, 11) is 0. The van der Waals surface area contributed by atoms with Crippen LogP contribution in [0.3, 0.4) is 0 Å². The van der Waals surface area contributed by atoms with E-state index in [0.29, 0.717) is 10.6 Å². The second-order valence-electron chi connectivity index (χ2n) is 5.03. The van der Waals surface area contributed by atoms with E-state index in [2.05, 4.69) is 5.16 Å². The number of hydrogen-bond acceptors (Lipinski definition) is 4. The number of carbonyl (C=O) groups is 1. The minimum absolute atomic E-state index is 0.239. The molecule has 0 radical (unpaired) electrons. The molecular weight excluding hydrogens is 316 g/mol. The molecule has 0 bridgehead atoms. The van der Waals surface area contributed by atoms with Gasteiger partial charge in [-0.2, -0.15) is 5.06 Å². The Morgan fingerprint density at radius 2 is 1.87 bits per heavy atom. The molecule has 0 fully saturated rings. The molecule has 0 spiro atoms. The predicted molar refractivity (Wildman–Crippen MR) is 86.6 cm³/mol. The Hall–Kier alpha value is -2.37. The zero-order valence-corrected chi connectivity index (χ0v) is 13.2. The van der Waals surface area contributed by atoms with Crippen molar-refractivity contribution in [3.63, 3.8) is 0 Å². The Morgan fingerprint density at radius 3 is 2.61 bits per heavy atom. The van der Waals surface area contributed by atoms with E-state index < -0.39 is 6.10 Å². The number of rotatable bonds is 4. The van der Waals surface area contributed by atoms with E-state index in [0.717, 1.165) is 10.6 Å². The van der Waals surface area contributed by atoms with Crippen molar-refractivity contribution in [3.05, 3.63) is 70.7 Å². The maximum Gasteiger partial charge on any atom is 0.296 e. The van der Waals surface area contributed by atoms with Crippen LogP contribution in [0, 0.1) is 0 Å². The largest absolute Gasteiger partial charge is 0.381 e. The summed E-state index contributed by atoms with van der Waals surface area (Å²) >= 11 is 6.19. The molecule has 5 nitrogen and oxygen atoms in total. The fourth-order valence-electron chi connectivity index (χ4n) is 2.12. The first-order chi connectivity index (χ1) is 11.2. The van der Waals surface area contributed by atoms with Gasteiger partial charge in [0.25, 0.3) is 5.91 Å². The summed E-state index contributed by atoms with van der Waals surface area (Å²) in [6, 6.07) is 16.7. The number of hydrogen-bond donors (Lipinski definition) is 0. The fraction of sp³-hybridized carbons (Fsp3) is 0.176. The molecule has 1 amide bonds. The highest BCUT2D eigenvalue weighted by molar-refractivity contribution is 6.34. The number of hydroxylamine groups is 2. The molecule has 0 saturated carbocycles. The Kier molecular flexibility index (Phi) is 4.60. The van der Waals surface area contributed by atoms with E-state index in [1.807, 2.05) is 36.4 Å². The van der Waals surface area contributed by atoms with Gasteiger partial charge in [0, 0.05) is 5.56 Å². The van der Waals surface area contributed by atoms with Gasteiger partial charge in [-0.1, -0.05) is 59.2 Å². The summed E-state index contributed by atoms with van der Waals surface area (Å²) in [6.07, 6.45) is -0.711. The van der Waals surface area contributed by atoms with Crippen LogP contribution in [-0.2, 0) is 21.1 Å². The first kappa shape index (κ1) is 15.5. The van der Waals surface area contributed by atoms with E-state index in [4.69, 9.17) is 21.3 Å². The summed E-state index contributed by atoms with van der Waals surface area (Å²) in [5.41, 5.74) is 1.51. The Balaban J connectivity index is 1.87. The van der Waals surface area contributed by atoms with Crippen LogP contribution in [0.15, 0.2) is 59.8 Å². The summed E-state index contributed by atoms with van der Waals surface area (Å²) in [6.45, 7) is 1.86. The van der Waals surface area contributed by atoms with Crippen LogP contribution in [0.25, 0.3) is 0 Å². The number of oxime groups is 1. The Bertz CT molecular complexity index is 734. The highest BCUT2D eigenvalue weighted by Gasteiger charge is 2.34. The van der Waals surface area contributed by atoms with Gasteiger partial charge in [0.1, 0.15) is 6.61 Å². The lowest BCUT2D eigenvalue weighted by Gasteiger charge is -2.29. The molecule has 1 heterocycles. The quantitative estimate of drug-likeness (QED) is 0.863. The van der Waals surface area contributed by atoms with Crippen LogP contribution >= 0.6 is 11.6 Å². The van der Waals surface area contributed by atoms with Gasteiger partial charge in [0.15, 0.2) is 0 Å². The number of nitrogens with zero attached hydrogens (tertiary/aromatic N) is 2. The summed E-state index contributed by atoms with van der Waals surface area (Å²) in [5.74, 6) is -0.0829. The lowest BCUT2D eigenvalue weighted by atomic mass is 10.2. The highest BCUT2D eigenvalue weighted by Crippen LogP contribution is 2.22. The molecule has 0 aromatic heterocycles. The van der Waals surface area contributed by atoms with Crippen molar-refractivity contribution in [2.24, 2.45) is 5.16 Å². The van der Waals surface area contributed by atoms with Crippen LogP contribution < -0.4 is 0 Å². The second kappa shape index (κ2) is 6.81. The van der Waals surface area contributed by atoms with Crippen LogP contribution in [-0.4, -0.2) is 22.9 Å². The van der Waals surface area contributed by atoms with Crippen LogP contribution in [0.1, 0.15) is 18.1 Å². The third-order valence-corrected chi connectivity index (χ3v) is 3.69. The van der Waals surface area contributed by atoms with Gasteiger partial charge in [-0.25, -0.2) is 0 Å². The molecule has 2 aromatic rings. The van der Waals surface area contributed by atoms with Gasteiger partial charge in [0.2, 0.25) is 11.9 Å². The molecule has 23 heavy (non-hydrogen) atoms. The predicted octanol–water partition coefficient (Wildman–Crippen LogP) is 3.38. The van der Waals surface area contributed by atoms with Gasteiger partial charge in [0.05, 0.1) is 5.02 Å². The fourth-order valence-corrected chi connectivity index (χ4v) is 2.34. The third-order valence-electron chi connectivity index (χ3n) is 3.36. The van der Waals surface area contributed by atoms with Crippen LogP contribution in [0.2, 0.25) is 5.02 Å². The number of benzene rings is 2. The average molecular weight is 331 g/mol. The molecule has 3 rings (SSSR count). The highest BCUT2D eigenvalue weighted by atomic mass is 35.5. The first-order valence-electron chi connectivity index (χ1n) is 7.16. The van der Waals surface area contributed by atoms with Gasteiger partial charge in [-0.05, 0) is 24.6 Å². The van der Waals surface area contributed by atoms with Crippen molar-refractivity contribution in [2.45, 2.75) is 19.6 Å². The van der Waals surface area contributed by atoms with Gasteiger partial charge in [-0.15, -0.1) is 0 Å². The number of halogens is 1. The summed E-state index contributed by atoms with van der Waals surface area (Å²) in [5, 5.41) is 5.62. The van der Waals surface area contributed by atoms with Crippen molar-refractivity contribution in [3.8, 4) is 0 Å². The molecule has 6 heteroatoms. The third kappa shape index (κ3) is 3.36. The lowest BCUT2D eigenvalue weighted by Crippen LogP contribution is -2.46. The standard InChI is InChI=1S/C17H15ClN2O3/c1-12-17(21)20(22-11-13-7-3-2-4-8-13)16(19-23-12)14-9-5-6-10-15(14)18/h2-10,12H,11H2,1H3. The van der Waals surface area contributed by atoms with E-state index >= 15 is 0 Å². The molecule has 118 valence electrons. The Labute approximate surface area is 139 Å². The molecule has 1 aliphatic heterocycles. The maximum atomic E-state index is 12.4. The molecular formula is C17H15ClN2O3. The molecule has 1 aliphatic rings. The molecule has 2 aromatic carbocycles. The number of amidine groups is 1. The van der Waals surface area contributed by atoms with Crippen LogP contribution in [0.5, 0.6) is 0 Å². The number of carbonyl (C=O) groups excluding carboxylic acids is 1. The zero-order chi connectivity index (χ0) is 16.2. The lowest BCUT2D eigenvalue weighted by molar-refractivity contribution is -0.184. The van der Waals surface area contributed by atoms with Gasteiger partial charge >= 0.3 is 0 Å². The average Bonchev–Trinajstić information content (AvgIpc) is 2.58. The molecule has 0 saturated heterocycles. The smallest absolute Gasteiger partial charge is 0.296 e. The monoisotopic (exact) mass is 330 g/mol. The van der Waals surface area contributed by atoms with E-state index in [-0.39, 0.29) is 18.3 Å². The molecule has 1 unspecified atom stereocenters. The molecule has 0 N–H and O–H groups in total. The number of amides is 1. The normalized spacial score (nSPS) is 17.7. The van der Waals surface area contributed by atoms with E-state index in [1.54, 1.807) is 25.1 Å². The van der Waals surface area contributed by atoms with Crippen molar-refractivity contribution < 1.29 is 14.5 Å². The van der Waals surface area contributed by atoms with Crippen molar-refractivity contribution >= 4 is 23.3 Å². The zero-order valence-electron chi connectivity index (χ0n) is 12.5. The summed E-state index contributed by atoms with van der Waals surface area (Å²) < 4.78 is 0. The van der Waals surface area contributed by atoms with E-state index in [9.17, 15) is 4.79 Å². The van der Waals surface area contributed by atoms with Gasteiger partial charge < -0.3 is 4.84 Å². The van der Waals surface area contributed by atoms with Crippen LogP contribution in [0.4, 0.5) is 0 Å². The summed E-state index contributed by atoms with van der Waals surface area (Å²) in [4.78, 5) is 23.2. The van der Waals surface area contributed by atoms with Gasteiger partial charge in [-0.3, -0.25) is 9.63 Å². The molecule has 0 aliphatic carbocycles. The van der Waals surface area contributed by atoms with Crippen molar-refractivity contribution in [2.75, 3.05) is 0 Å². The maximum absolute atomic E-state index is 12.4. The van der Waals surface area contributed by atoms with Crippen molar-refractivity contribution in [1.82, 2.24) is 5.06 Å². The second-order valence-corrected chi connectivity index (χ2v) is 5.44. The van der Waals surface area contributed by atoms with E-state index in [1.165, 1.54) is 0 Å². The minimum Gasteiger partial charge on any atom is -0.381 e. The minimum atomic E-state index is -0.711.